The van der Waals surface area contributed by atoms with Gasteiger partial charge in [-0.15, -0.1) is 0 Å². The van der Waals surface area contributed by atoms with Gasteiger partial charge in [-0.05, 0) is 45.9 Å². The molecule has 0 saturated heterocycles. The maximum atomic E-state index is 2.45. The van der Waals surface area contributed by atoms with Crippen LogP contribution in [0.4, 0.5) is 5.69 Å². The van der Waals surface area contributed by atoms with Crippen LogP contribution in [0.15, 0.2) is 54.9 Å². The van der Waals surface area contributed by atoms with E-state index in [0.717, 1.165) is 6.67 Å². The largest absolute Gasteiger partial charge is 0.356 e. The topological polar surface area (TPSA) is 11.4 Å². The molecule has 0 spiro atoms. The number of nitrogens with zero attached hydrogens (tertiary/aromatic N) is 3. The quantitative estimate of drug-likeness (QED) is 0.646. The summed E-state index contributed by atoms with van der Waals surface area (Å²) < 4.78 is 2.45. The smallest absolute Gasteiger partial charge is 0.0944 e. The van der Waals surface area contributed by atoms with Gasteiger partial charge in [0.2, 0.25) is 0 Å². The first-order valence-corrected chi connectivity index (χ1v) is 8.79. The van der Waals surface area contributed by atoms with E-state index in [4.69, 9.17) is 0 Å². The van der Waals surface area contributed by atoms with Crippen LogP contribution >= 0.6 is 0 Å². The zero-order chi connectivity index (χ0) is 16.8. The van der Waals surface area contributed by atoms with E-state index in [0.29, 0.717) is 12.1 Å². The van der Waals surface area contributed by atoms with Crippen LogP contribution in [-0.2, 0) is 0 Å². The summed E-state index contributed by atoms with van der Waals surface area (Å²) in [5.74, 6) is 0. The molecule has 3 aromatic rings. The Morgan fingerprint density at radius 3 is 2.25 bits per heavy atom. The van der Waals surface area contributed by atoms with Crippen LogP contribution in [0, 0.1) is 0 Å². The second kappa shape index (κ2) is 5.59. The summed E-state index contributed by atoms with van der Waals surface area (Å²) in [7, 11) is 0. The lowest BCUT2D eigenvalue weighted by Gasteiger charge is -2.24. The Bertz CT molecular complexity index is 917. The first-order chi connectivity index (χ1) is 11.6. The van der Waals surface area contributed by atoms with Gasteiger partial charge < -0.3 is 14.4 Å². The maximum Gasteiger partial charge on any atom is 0.0944 e. The molecule has 1 aromatic heterocycles. The third-order valence-electron chi connectivity index (χ3n) is 4.96. The van der Waals surface area contributed by atoms with E-state index in [1.807, 2.05) is 0 Å². The molecular weight excluding hydrogens is 294 g/mol. The van der Waals surface area contributed by atoms with Gasteiger partial charge in [-0.25, -0.2) is 0 Å². The molecule has 0 N–H and O–H groups in total. The van der Waals surface area contributed by atoms with Crippen LogP contribution in [-0.4, -0.2) is 22.2 Å². The fourth-order valence-electron chi connectivity index (χ4n) is 3.66. The van der Waals surface area contributed by atoms with E-state index in [1.54, 1.807) is 0 Å². The van der Waals surface area contributed by atoms with Gasteiger partial charge >= 0.3 is 0 Å². The van der Waals surface area contributed by atoms with Gasteiger partial charge in [-0.1, -0.05) is 24.3 Å². The van der Waals surface area contributed by atoms with Crippen molar-refractivity contribution in [2.45, 2.75) is 39.8 Å². The predicted molar refractivity (Wildman–Crippen MR) is 103 cm³/mol. The van der Waals surface area contributed by atoms with Gasteiger partial charge in [0.1, 0.15) is 0 Å². The first-order valence-electron chi connectivity index (χ1n) is 8.79. The Balaban J connectivity index is 1.85. The molecule has 2 heterocycles. The number of benzene rings is 2. The first kappa shape index (κ1) is 15.1. The molecular formula is C21H25N3. The Kier molecular flexibility index (Phi) is 3.52. The maximum absolute atomic E-state index is 2.45. The molecule has 4 rings (SSSR count). The zero-order valence-electron chi connectivity index (χ0n) is 14.9. The molecule has 1 aliphatic heterocycles. The molecule has 0 unspecified atom stereocenters. The number of anilines is 1. The Hall–Kier alpha value is -2.42. The molecule has 0 bridgehead atoms. The normalized spacial score (nSPS) is 14.9. The minimum absolute atomic E-state index is 0.434. The van der Waals surface area contributed by atoms with Crippen molar-refractivity contribution in [3.8, 4) is 0 Å². The van der Waals surface area contributed by atoms with E-state index in [9.17, 15) is 0 Å². The summed E-state index contributed by atoms with van der Waals surface area (Å²) >= 11 is 0. The van der Waals surface area contributed by atoms with E-state index in [-0.39, 0.29) is 0 Å². The predicted octanol–water partition coefficient (Wildman–Crippen LogP) is 5.33. The number of rotatable bonds is 3. The highest BCUT2D eigenvalue weighted by atomic mass is 15.3. The van der Waals surface area contributed by atoms with Crippen molar-refractivity contribution in [1.82, 2.24) is 9.47 Å². The lowest BCUT2D eigenvalue weighted by atomic mass is 10.1. The van der Waals surface area contributed by atoms with Crippen molar-refractivity contribution in [2.75, 3.05) is 11.6 Å². The summed E-state index contributed by atoms with van der Waals surface area (Å²) in [4.78, 5) is 4.67. The Morgan fingerprint density at radius 1 is 0.792 bits per heavy atom. The Morgan fingerprint density at radius 2 is 1.54 bits per heavy atom. The number of hydrogen-bond acceptors (Lipinski definition) is 2. The molecule has 0 aliphatic carbocycles. The van der Waals surface area contributed by atoms with Crippen molar-refractivity contribution in [3.05, 3.63) is 54.9 Å². The molecule has 2 aromatic carbocycles. The van der Waals surface area contributed by atoms with Crippen molar-refractivity contribution in [1.29, 1.82) is 0 Å². The SMILES string of the molecule is CC(C)N1C=CN(c2ccc3c4ccccc4n(C(C)C)c3c2)C1. The van der Waals surface area contributed by atoms with Gasteiger partial charge in [-0.3, -0.25) is 0 Å². The molecule has 3 nitrogen and oxygen atoms in total. The van der Waals surface area contributed by atoms with E-state index < -0.39 is 0 Å². The minimum atomic E-state index is 0.434. The second-order valence-electron chi connectivity index (χ2n) is 7.20. The zero-order valence-corrected chi connectivity index (χ0v) is 14.9. The van der Waals surface area contributed by atoms with Gasteiger partial charge in [-0.2, -0.15) is 0 Å². The van der Waals surface area contributed by atoms with Crippen molar-refractivity contribution in [2.24, 2.45) is 0 Å². The molecule has 124 valence electrons. The van der Waals surface area contributed by atoms with Crippen LogP contribution < -0.4 is 4.90 Å². The lowest BCUT2D eigenvalue weighted by molar-refractivity contribution is 0.336. The van der Waals surface area contributed by atoms with Crippen molar-refractivity contribution in [3.63, 3.8) is 0 Å². The molecule has 0 saturated carbocycles. The Labute approximate surface area is 143 Å². The highest BCUT2D eigenvalue weighted by Gasteiger charge is 2.18. The van der Waals surface area contributed by atoms with Crippen molar-refractivity contribution < 1.29 is 0 Å². The van der Waals surface area contributed by atoms with E-state index in [2.05, 4.69) is 96.9 Å². The number of para-hydroxylation sites is 1. The van der Waals surface area contributed by atoms with Crippen LogP contribution in [0.1, 0.15) is 33.7 Å². The summed E-state index contributed by atoms with van der Waals surface area (Å²) in [5, 5.41) is 2.68. The average molecular weight is 319 g/mol. The van der Waals surface area contributed by atoms with Crippen LogP contribution in [0.5, 0.6) is 0 Å². The van der Waals surface area contributed by atoms with Gasteiger partial charge in [0.25, 0.3) is 0 Å². The highest BCUT2D eigenvalue weighted by molar-refractivity contribution is 6.09. The highest BCUT2D eigenvalue weighted by Crippen LogP contribution is 2.34. The molecule has 0 radical (unpaired) electrons. The van der Waals surface area contributed by atoms with Gasteiger partial charge in [0.05, 0.1) is 12.2 Å². The van der Waals surface area contributed by atoms with Crippen LogP contribution in [0.2, 0.25) is 0 Å². The second-order valence-corrected chi connectivity index (χ2v) is 7.20. The summed E-state index contributed by atoms with van der Waals surface area (Å²) in [5.41, 5.74) is 3.90. The molecule has 0 amide bonds. The summed E-state index contributed by atoms with van der Waals surface area (Å²) in [6.07, 6.45) is 4.37. The standard InChI is InChI=1S/C21H25N3/c1-15(2)22-11-12-23(14-22)17-9-10-19-18-7-5-6-8-20(18)24(16(3)4)21(19)13-17/h5-13,15-16H,14H2,1-4H3. The number of hydrogen-bond donors (Lipinski definition) is 0. The van der Waals surface area contributed by atoms with Crippen molar-refractivity contribution >= 4 is 27.5 Å². The fourth-order valence-corrected chi connectivity index (χ4v) is 3.66. The molecule has 0 atom stereocenters. The monoisotopic (exact) mass is 319 g/mol. The molecule has 0 fully saturated rings. The summed E-state index contributed by atoms with van der Waals surface area (Å²) in [6.45, 7) is 9.90. The summed E-state index contributed by atoms with van der Waals surface area (Å²) in [6, 6.07) is 16.5. The van der Waals surface area contributed by atoms with E-state index >= 15 is 0 Å². The lowest BCUT2D eigenvalue weighted by Crippen LogP contribution is -2.30. The number of aromatic nitrogens is 1. The number of fused-ring (bicyclic) bond motifs is 3. The van der Waals surface area contributed by atoms with Crippen LogP contribution in [0.25, 0.3) is 21.8 Å². The molecule has 1 aliphatic rings. The van der Waals surface area contributed by atoms with Crippen LogP contribution in [0.3, 0.4) is 0 Å². The third kappa shape index (κ3) is 2.27. The van der Waals surface area contributed by atoms with Gasteiger partial charge in [0, 0.05) is 46.5 Å². The van der Waals surface area contributed by atoms with E-state index in [1.165, 1.54) is 27.5 Å². The molecule has 24 heavy (non-hydrogen) atoms. The minimum Gasteiger partial charge on any atom is -0.356 e. The van der Waals surface area contributed by atoms with Gasteiger partial charge in [0.15, 0.2) is 0 Å². The molecule has 3 heteroatoms. The third-order valence-corrected chi connectivity index (χ3v) is 4.96. The average Bonchev–Trinajstić information content (AvgIpc) is 3.17. The fraction of sp³-hybridized carbons (Fsp3) is 0.333.